The highest BCUT2D eigenvalue weighted by Gasteiger charge is 2.47. The summed E-state index contributed by atoms with van der Waals surface area (Å²) in [4.78, 5) is 30.3. The van der Waals surface area contributed by atoms with Crippen molar-refractivity contribution in [2.45, 2.75) is 89.6 Å². The number of hydrogen-bond donors (Lipinski definition) is 1. The van der Waals surface area contributed by atoms with Crippen LogP contribution in [0.3, 0.4) is 0 Å². The maximum atomic E-state index is 13.4. The third kappa shape index (κ3) is 10.8. The number of aromatic nitrogens is 4. The summed E-state index contributed by atoms with van der Waals surface area (Å²) in [6, 6.07) is 27.1. The molecule has 73 heavy (non-hydrogen) atoms. The summed E-state index contributed by atoms with van der Waals surface area (Å²) in [7, 11) is 5.82. The van der Waals surface area contributed by atoms with Crippen LogP contribution in [0.1, 0.15) is 90.8 Å². The number of halogens is 1. The van der Waals surface area contributed by atoms with Gasteiger partial charge in [0.15, 0.2) is 0 Å². The Morgan fingerprint density at radius 2 is 1.15 bits per heavy atom. The number of para-hydroxylation sites is 2. The second-order valence-electron chi connectivity index (χ2n) is 21.1. The molecule has 0 unspecified atom stereocenters. The van der Waals surface area contributed by atoms with Gasteiger partial charge in [0.25, 0.3) is 11.8 Å². The third-order valence-electron chi connectivity index (χ3n) is 14.1. The fourth-order valence-electron chi connectivity index (χ4n) is 10.0. The Kier molecular flexibility index (Phi) is 15.4. The lowest BCUT2D eigenvalue weighted by Crippen LogP contribution is -2.49. The molecule has 0 radical (unpaired) electrons. The number of nitrogens with zero attached hydrogens (tertiary/aromatic N) is 6. The number of aryl methyl sites for hydroxylation is 2. The van der Waals surface area contributed by atoms with Crippen molar-refractivity contribution in [1.29, 1.82) is 0 Å². The summed E-state index contributed by atoms with van der Waals surface area (Å²) in [5, 5.41) is 18.8. The van der Waals surface area contributed by atoms with Crippen molar-refractivity contribution in [2.75, 3.05) is 47.0 Å². The maximum absolute atomic E-state index is 13.4. The van der Waals surface area contributed by atoms with Gasteiger partial charge in [-0.05, 0) is 110 Å². The van der Waals surface area contributed by atoms with Crippen LogP contribution in [-0.2, 0) is 35.1 Å². The van der Waals surface area contributed by atoms with E-state index in [1.807, 2.05) is 140 Å². The quantitative estimate of drug-likeness (QED) is 0.116. The Morgan fingerprint density at radius 3 is 1.56 bits per heavy atom. The lowest BCUT2D eigenvalue weighted by Gasteiger charge is -2.44. The predicted molar refractivity (Wildman–Crippen MR) is 290 cm³/mol. The van der Waals surface area contributed by atoms with Crippen molar-refractivity contribution in [3.05, 3.63) is 141 Å². The second kappa shape index (κ2) is 21.2. The number of fused-ring (bicyclic) bond motifs is 8. The zero-order valence-electron chi connectivity index (χ0n) is 44.0. The van der Waals surface area contributed by atoms with Gasteiger partial charge in [0.1, 0.15) is 34.2 Å². The Labute approximate surface area is 439 Å². The number of rotatable bonds is 8. The molecule has 2 saturated heterocycles. The van der Waals surface area contributed by atoms with Gasteiger partial charge < -0.3 is 38.3 Å². The molecule has 0 bridgehead atoms. The van der Waals surface area contributed by atoms with Gasteiger partial charge >= 0.3 is 0 Å². The first-order valence-electron chi connectivity index (χ1n) is 24.9. The Morgan fingerprint density at radius 1 is 0.712 bits per heavy atom. The van der Waals surface area contributed by atoms with Crippen molar-refractivity contribution < 1.29 is 38.1 Å². The first-order chi connectivity index (χ1) is 34.7. The van der Waals surface area contributed by atoms with Gasteiger partial charge in [-0.3, -0.25) is 19.0 Å². The van der Waals surface area contributed by atoms with Crippen LogP contribution in [0.4, 0.5) is 0 Å². The average Bonchev–Trinajstić information content (AvgIpc) is 3.99. The number of carbonyl (C=O) groups excluding carboxylic acids is 2. The molecular weight excluding hydrogens is 1000 g/mol. The number of piperidine rings is 2. The van der Waals surface area contributed by atoms with Gasteiger partial charge in [0.2, 0.25) is 8.32 Å². The summed E-state index contributed by atoms with van der Waals surface area (Å²) in [6.45, 7) is 16.9. The summed E-state index contributed by atoms with van der Waals surface area (Å²) in [5.41, 5.74) is 8.46. The minimum atomic E-state index is -1.30. The summed E-state index contributed by atoms with van der Waals surface area (Å²) in [6.07, 6.45) is 8.51. The molecule has 2 fully saturated rings. The van der Waals surface area contributed by atoms with Crippen molar-refractivity contribution >= 4 is 36.1 Å². The van der Waals surface area contributed by atoms with Gasteiger partial charge in [0, 0.05) is 110 Å². The fraction of sp³-hybridized carbons (Fsp3) is 0.404. The van der Waals surface area contributed by atoms with E-state index in [2.05, 4.69) is 57.9 Å². The lowest BCUT2D eigenvalue weighted by molar-refractivity contribution is -0.00227. The van der Waals surface area contributed by atoms with E-state index in [1.165, 1.54) is 5.57 Å². The molecular formula is C57H69BrN6O8Si. The van der Waals surface area contributed by atoms with Crippen LogP contribution in [0.15, 0.2) is 114 Å². The highest BCUT2D eigenvalue weighted by molar-refractivity contribution is 9.10. The van der Waals surface area contributed by atoms with Crippen LogP contribution in [0.5, 0.6) is 23.0 Å². The fourth-order valence-corrected chi connectivity index (χ4v) is 11.0. The first-order valence-corrected chi connectivity index (χ1v) is 29.1. The highest BCUT2D eigenvalue weighted by Crippen LogP contribution is 2.51. The van der Waals surface area contributed by atoms with E-state index in [-0.39, 0.29) is 18.4 Å². The molecule has 386 valence electrons. The van der Waals surface area contributed by atoms with Crippen molar-refractivity contribution in [3.63, 3.8) is 0 Å². The number of aliphatic hydroxyl groups is 1. The summed E-state index contributed by atoms with van der Waals surface area (Å²) < 4.78 is 34.2. The molecule has 4 aromatic carbocycles. The minimum absolute atomic E-state index is 0.00960. The van der Waals surface area contributed by atoms with Crippen molar-refractivity contribution in [3.8, 4) is 45.5 Å². The smallest absolute Gasteiger partial charge is 0.253 e. The van der Waals surface area contributed by atoms with Crippen LogP contribution in [0, 0.1) is 0 Å². The SMILES string of the molecule is CC(C)=CO[Si](C)(C)C.COc1cc(C(=O)N2CCC3(CC2)Oc2ccccc2-c2c3cnn2C)ccc1Br.COc1cc(C(=O)N2CCC3(CC2)Oc2ccccc2-c2c3cnn2C)ccc1C(C)(C)CO. The van der Waals surface area contributed by atoms with E-state index in [9.17, 15) is 14.7 Å². The largest absolute Gasteiger partial charge is 0.550 e. The van der Waals surface area contributed by atoms with E-state index in [4.69, 9.17) is 23.4 Å². The van der Waals surface area contributed by atoms with E-state index in [1.54, 1.807) is 26.4 Å². The Bertz CT molecular complexity index is 3010. The Hall–Kier alpha value is -6.36. The van der Waals surface area contributed by atoms with Crippen LogP contribution in [0.2, 0.25) is 19.6 Å². The molecule has 2 amide bonds. The van der Waals surface area contributed by atoms with Gasteiger partial charge in [-0.15, -0.1) is 0 Å². The van der Waals surface area contributed by atoms with E-state index >= 15 is 0 Å². The van der Waals surface area contributed by atoms with Crippen molar-refractivity contribution in [1.82, 2.24) is 29.4 Å². The number of amides is 2. The van der Waals surface area contributed by atoms with Crippen LogP contribution >= 0.6 is 15.9 Å². The number of methoxy groups -OCH3 is 2. The van der Waals surface area contributed by atoms with Gasteiger partial charge in [-0.25, -0.2) is 0 Å². The molecule has 0 atom stereocenters. The molecule has 2 spiro atoms. The van der Waals surface area contributed by atoms with E-state index in [0.29, 0.717) is 61.6 Å². The number of allylic oxidation sites excluding steroid dienone is 1. The van der Waals surface area contributed by atoms with Gasteiger partial charge in [-0.2, -0.15) is 10.2 Å². The minimum Gasteiger partial charge on any atom is -0.550 e. The van der Waals surface area contributed by atoms with Crippen LogP contribution in [-0.4, -0.2) is 102 Å². The van der Waals surface area contributed by atoms with Gasteiger partial charge in [0.05, 0.1) is 55.3 Å². The molecule has 0 aliphatic carbocycles. The number of benzene rings is 4. The molecule has 0 saturated carbocycles. The lowest BCUT2D eigenvalue weighted by atomic mass is 9.80. The molecule has 4 aliphatic rings. The zero-order chi connectivity index (χ0) is 52.5. The van der Waals surface area contributed by atoms with Crippen molar-refractivity contribution in [2.24, 2.45) is 14.1 Å². The predicted octanol–water partition coefficient (Wildman–Crippen LogP) is 11.0. The molecule has 4 aliphatic heterocycles. The maximum Gasteiger partial charge on any atom is 0.253 e. The molecule has 1 N–H and O–H groups in total. The third-order valence-corrected chi connectivity index (χ3v) is 15.6. The monoisotopic (exact) mass is 1070 g/mol. The van der Waals surface area contributed by atoms with Crippen LogP contribution in [0.25, 0.3) is 22.5 Å². The number of aliphatic hydroxyl groups excluding tert-OH is 1. The molecule has 10 rings (SSSR count). The van der Waals surface area contributed by atoms with Gasteiger partial charge in [-0.1, -0.05) is 44.2 Å². The molecule has 14 nitrogen and oxygen atoms in total. The zero-order valence-corrected chi connectivity index (χ0v) is 46.6. The van der Waals surface area contributed by atoms with E-state index < -0.39 is 24.9 Å². The molecule has 16 heteroatoms. The molecule has 6 heterocycles. The highest BCUT2D eigenvalue weighted by atomic mass is 79.9. The second-order valence-corrected chi connectivity index (χ2v) is 26.4. The summed E-state index contributed by atoms with van der Waals surface area (Å²) >= 11 is 3.44. The van der Waals surface area contributed by atoms with E-state index in [0.717, 1.165) is 68.0 Å². The summed E-state index contributed by atoms with van der Waals surface area (Å²) in [5.74, 6) is 3.01. The number of carbonyl (C=O) groups is 2. The normalized spacial score (nSPS) is 15.8. The average molecular weight is 1070 g/mol. The number of ether oxygens (including phenoxy) is 4. The first kappa shape index (κ1) is 52.9. The number of hydrogen-bond acceptors (Lipinski definition) is 10. The topological polar surface area (TPSA) is 143 Å². The Balaban J connectivity index is 0.000000168. The molecule has 2 aromatic heterocycles. The standard InChI is InChI=1S/C27H31N3O4.C23H22BrN3O3.C7H16OSi/c1-26(2,17-31)20-10-9-18(15-23(20)33-4)25(32)30-13-11-27(12-14-30)21-16-28-29(3)24(21)19-7-5-6-8-22(19)34-27;1-26-21-16-5-3-4-6-19(16)30-23(17(21)14-25-26)9-11-27(12-10-23)22(28)15-7-8-18(24)20(13-15)29-2;1-7(2)6-8-9(3,4)5/h5-10,15-16,31H,11-14,17H2,1-4H3;3-8,13-14H,9-12H2,1-2H3;6H,1-5H3. The number of likely N-dealkylation sites (tertiary alicyclic amines) is 2. The van der Waals surface area contributed by atoms with Crippen LogP contribution < -0.4 is 18.9 Å². The molecule has 6 aromatic rings.